The Morgan fingerprint density at radius 3 is 2.65 bits per heavy atom. The van der Waals surface area contributed by atoms with E-state index < -0.39 is 0 Å². The number of rotatable bonds is 5. The van der Waals surface area contributed by atoms with Gasteiger partial charge in [0.1, 0.15) is 12.4 Å². The van der Waals surface area contributed by atoms with E-state index >= 15 is 0 Å². The van der Waals surface area contributed by atoms with Crippen LogP contribution in [0.2, 0.25) is 0 Å². The third-order valence-corrected chi connectivity index (χ3v) is 3.97. The van der Waals surface area contributed by atoms with Crippen molar-refractivity contribution in [3.8, 4) is 5.75 Å². The third kappa shape index (κ3) is 3.27. The molecule has 0 bridgehead atoms. The molecule has 1 heterocycles. The first-order chi connectivity index (χ1) is 11.2. The standard InChI is InChI=1S/C19H20N2O2/c1-14(12-20)21-10-9-16-11-17(7-8-18(16)19(21)22)23-13-15-5-3-2-4-6-15/h2-11,14H,12-13,20H2,1H3. The van der Waals surface area contributed by atoms with Gasteiger partial charge in [0.15, 0.2) is 0 Å². The molecule has 118 valence electrons. The molecule has 3 aromatic rings. The maximum Gasteiger partial charge on any atom is 0.258 e. The Labute approximate surface area is 135 Å². The van der Waals surface area contributed by atoms with Gasteiger partial charge in [-0.2, -0.15) is 0 Å². The van der Waals surface area contributed by atoms with Crippen molar-refractivity contribution in [1.82, 2.24) is 4.57 Å². The molecular formula is C19H20N2O2. The van der Waals surface area contributed by atoms with E-state index in [0.717, 1.165) is 16.7 Å². The summed E-state index contributed by atoms with van der Waals surface area (Å²) < 4.78 is 7.48. The number of pyridine rings is 1. The number of fused-ring (bicyclic) bond motifs is 1. The second-order valence-electron chi connectivity index (χ2n) is 5.64. The van der Waals surface area contributed by atoms with Gasteiger partial charge < -0.3 is 15.0 Å². The van der Waals surface area contributed by atoms with Crippen LogP contribution in [0.15, 0.2) is 65.6 Å². The number of nitrogens with zero attached hydrogens (tertiary/aromatic N) is 1. The summed E-state index contributed by atoms with van der Waals surface area (Å²) in [4.78, 5) is 12.5. The summed E-state index contributed by atoms with van der Waals surface area (Å²) in [7, 11) is 0. The highest BCUT2D eigenvalue weighted by Crippen LogP contribution is 2.20. The zero-order valence-electron chi connectivity index (χ0n) is 13.1. The van der Waals surface area contributed by atoms with E-state index in [1.54, 1.807) is 10.8 Å². The van der Waals surface area contributed by atoms with E-state index in [-0.39, 0.29) is 11.6 Å². The van der Waals surface area contributed by atoms with Gasteiger partial charge in [0.05, 0.1) is 0 Å². The lowest BCUT2D eigenvalue weighted by atomic mass is 10.1. The van der Waals surface area contributed by atoms with Gasteiger partial charge >= 0.3 is 0 Å². The predicted molar refractivity (Wildman–Crippen MR) is 92.7 cm³/mol. The molecule has 0 saturated heterocycles. The lowest BCUT2D eigenvalue weighted by Crippen LogP contribution is -2.27. The van der Waals surface area contributed by atoms with Crippen molar-refractivity contribution in [3.63, 3.8) is 0 Å². The minimum atomic E-state index is -0.0185. The topological polar surface area (TPSA) is 57.2 Å². The summed E-state index contributed by atoms with van der Waals surface area (Å²) in [5.74, 6) is 0.755. The van der Waals surface area contributed by atoms with Gasteiger partial charge in [0, 0.05) is 24.2 Å². The third-order valence-electron chi connectivity index (χ3n) is 3.97. The zero-order chi connectivity index (χ0) is 16.2. The molecule has 1 unspecified atom stereocenters. The maximum absolute atomic E-state index is 12.5. The van der Waals surface area contributed by atoms with Gasteiger partial charge in [-0.05, 0) is 42.1 Å². The van der Waals surface area contributed by atoms with Crippen molar-refractivity contribution in [2.24, 2.45) is 5.73 Å². The van der Waals surface area contributed by atoms with Gasteiger partial charge in [-0.15, -0.1) is 0 Å². The fraction of sp³-hybridized carbons (Fsp3) is 0.211. The van der Waals surface area contributed by atoms with Crippen LogP contribution in [-0.4, -0.2) is 11.1 Å². The molecule has 0 aliphatic heterocycles. The number of nitrogens with two attached hydrogens (primary N) is 1. The molecule has 2 aromatic carbocycles. The van der Waals surface area contributed by atoms with Crippen molar-refractivity contribution in [3.05, 3.63) is 76.7 Å². The molecule has 4 nitrogen and oxygen atoms in total. The monoisotopic (exact) mass is 308 g/mol. The minimum Gasteiger partial charge on any atom is -0.489 e. The highest BCUT2D eigenvalue weighted by Gasteiger charge is 2.08. The van der Waals surface area contributed by atoms with Crippen LogP contribution in [0.25, 0.3) is 10.8 Å². The maximum atomic E-state index is 12.5. The van der Waals surface area contributed by atoms with E-state index in [2.05, 4.69) is 0 Å². The molecule has 23 heavy (non-hydrogen) atoms. The molecular weight excluding hydrogens is 288 g/mol. The molecule has 0 aliphatic rings. The van der Waals surface area contributed by atoms with Crippen molar-refractivity contribution in [1.29, 1.82) is 0 Å². The van der Waals surface area contributed by atoms with Crippen LogP contribution in [-0.2, 0) is 6.61 Å². The molecule has 1 aromatic heterocycles. The second kappa shape index (κ2) is 6.67. The van der Waals surface area contributed by atoms with Gasteiger partial charge in [0.25, 0.3) is 5.56 Å². The molecule has 4 heteroatoms. The summed E-state index contributed by atoms with van der Waals surface area (Å²) in [6.07, 6.45) is 1.79. The summed E-state index contributed by atoms with van der Waals surface area (Å²) in [6, 6.07) is 17.5. The SMILES string of the molecule is CC(CN)n1ccc2cc(OCc3ccccc3)ccc2c1=O. The number of hydrogen-bond acceptors (Lipinski definition) is 3. The Bertz CT molecular complexity index is 856. The molecule has 0 aliphatic carbocycles. The number of hydrogen-bond donors (Lipinski definition) is 1. The van der Waals surface area contributed by atoms with Crippen LogP contribution in [0.1, 0.15) is 18.5 Å². The Morgan fingerprint density at radius 2 is 1.91 bits per heavy atom. The first-order valence-electron chi connectivity index (χ1n) is 7.71. The predicted octanol–water partition coefficient (Wildman–Crippen LogP) is 3.10. The van der Waals surface area contributed by atoms with E-state index in [1.807, 2.05) is 61.5 Å². The number of aromatic nitrogens is 1. The summed E-state index contributed by atoms with van der Waals surface area (Å²) in [5.41, 5.74) is 6.75. The molecule has 1 atom stereocenters. The second-order valence-corrected chi connectivity index (χ2v) is 5.64. The van der Waals surface area contributed by atoms with E-state index in [0.29, 0.717) is 18.5 Å². The Kier molecular flexibility index (Phi) is 4.44. The van der Waals surface area contributed by atoms with E-state index in [4.69, 9.17) is 10.5 Å². The van der Waals surface area contributed by atoms with Crippen LogP contribution in [0, 0.1) is 0 Å². The molecule has 0 spiro atoms. The van der Waals surface area contributed by atoms with Crippen LogP contribution >= 0.6 is 0 Å². The van der Waals surface area contributed by atoms with Gasteiger partial charge in [0.2, 0.25) is 0 Å². The molecule has 0 saturated carbocycles. The Hall–Kier alpha value is -2.59. The van der Waals surface area contributed by atoms with Crippen molar-refractivity contribution in [2.75, 3.05) is 6.54 Å². The normalized spacial score (nSPS) is 12.3. The Morgan fingerprint density at radius 1 is 1.13 bits per heavy atom. The quantitative estimate of drug-likeness (QED) is 0.788. The van der Waals surface area contributed by atoms with E-state index in [1.165, 1.54) is 0 Å². The van der Waals surface area contributed by atoms with Crippen molar-refractivity contribution >= 4 is 10.8 Å². The molecule has 0 amide bonds. The zero-order valence-corrected chi connectivity index (χ0v) is 13.1. The van der Waals surface area contributed by atoms with Gasteiger partial charge in [-0.3, -0.25) is 4.79 Å². The minimum absolute atomic E-state index is 0.0130. The van der Waals surface area contributed by atoms with Crippen LogP contribution in [0.3, 0.4) is 0 Å². The fourth-order valence-corrected chi connectivity index (χ4v) is 2.53. The summed E-state index contributed by atoms with van der Waals surface area (Å²) in [6.45, 7) is 2.88. The van der Waals surface area contributed by atoms with E-state index in [9.17, 15) is 4.79 Å². The lowest BCUT2D eigenvalue weighted by molar-refractivity contribution is 0.306. The lowest BCUT2D eigenvalue weighted by Gasteiger charge is -2.14. The summed E-state index contributed by atoms with van der Waals surface area (Å²) in [5, 5.41) is 1.56. The smallest absolute Gasteiger partial charge is 0.258 e. The van der Waals surface area contributed by atoms with Crippen molar-refractivity contribution < 1.29 is 4.74 Å². The highest BCUT2D eigenvalue weighted by molar-refractivity contribution is 5.82. The molecule has 3 rings (SSSR count). The average molecular weight is 308 g/mol. The highest BCUT2D eigenvalue weighted by atomic mass is 16.5. The first-order valence-corrected chi connectivity index (χ1v) is 7.71. The molecule has 0 radical (unpaired) electrons. The largest absolute Gasteiger partial charge is 0.489 e. The molecule has 2 N–H and O–H groups in total. The number of benzene rings is 2. The Balaban J connectivity index is 1.86. The van der Waals surface area contributed by atoms with Crippen LogP contribution < -0.4 is 16.0 Å². The van der Waals surface area contributed by atoms with Crippen molar-refractivity contribution in [2.45, 2.75) is 19.6 Å². The van der Waals surface area contributed by atoms with Gasteiger partial charge in [-0.1, -0.05) is 30.3 Å². The first kappa shape index (κ1) is 15.3. The fourth-order valence-electron chi connectivity index (χ4n) is 2.53. The molecule has 0 fully saturated rings. The summed E-state index contributed by atoms with van der Waals surface area (Å²) >= 11 is 0. The number of ether oxygens (including phenoxy) is 1. The van der Waals surface area contributed by atoms with Gasteiger partial charge in [-0.25, -0.2) is 0 Å². The van der Waals surface area contributed by atoms with Crippen LogP contribution in [0.4, 0.5) is 0 Å². The van der Waals surface area contributed by atoms with Crippen LogP contribution in [0.5, 0.6) is 5.75 Å². The average Bonchev–Trinajstić information content (AvgIpc) is 2.60.